The maximum absolute atomic E-state index is 6.08. The van der Waals surface area contributed by atoms with E-state index in [1.165, 1.54) is 11.3 Å². The van der Waals surface area contributed by atoms with Gasteiger partial charge in [0.1, 0.15) is 20.4 Å². The molecule has 0 aliphatic rings. The highest BCUT2D eigenvalue weighted by Crippen LogP contribution is 2.29. The summed E-state index contributed by atoms with van der Waals surface area (Å²) in [6, 6.07) is -0.255. The normalized spacial score (nSPS) is 13.3. The van der Waals surface area contributed by atoms with E-state index in [1.807, 2.05) is 0 Å². The molecule has 2 N–H and O–H groups in total. The number of nitrogens with two attached hydrogens (primary N) is 1. The van der Waals surface area contributed by atoms with Crippen molar-refractivity contribution in [2.24, 2.45) is 5.73 Å². The van der Waals surface area contributed by atoms with Gasteiger partial charge in [0.2, 0.25) is 0 Å². The van der Waals surface area contributed by atoms with Crippen LogP contribution in [0.4, 0.5) is 0 Å². The lowest BCUT2D eigenvalue weighted by molar-refractivity contribution is 0.791. The van der Waals surface area contributed by atoms with Crippen LogP contribution in [0.15, 0.2) is 11.6 Å². The fraction of sp³-hybridized carbons (Fsp3) is 0.400. The molecule has 3 nitrogen and oxygen atoms in total. The number of halogens is 1. The van der Waals surface area contributed by atoms with Crippen LogP contribution in [0.5, 0.6) is 0 Å². The van der Waals surface area contributed by atoms with Crippen LogP contribution in [-0.2, 0) is 0 Å². The van der Waals surface area contributed by atoms with Gasteiger partial charge in [0.05, 0.1) is 11.9 Å². The van der Waals surface area contributed by atoms with Crippen LogP contribution in [0.3, 0.4) is 0 Å². The average Bonchev–Trinajstić information content (AvgIpc) is 2.84. The smallest absolute Gasteiger partial charge is 0.118 e. The van der Waals surface area contributed by atoms with Crippen molar-refractivity contribution in [1.29, 1.82) is 0 Å². The van der Waals surface area contributed by atoms with E-state index in [9.17, 15) is 0 Å². The minimum absolute atomic E-state index is 0.255. The average molecular weight is 274 g/mol. The molecule has 0 aliphatic carbocycles. The number of hydrogen-bond acceptors (Lipinski definition) is 5. The standard InChI is InChI=1S/C10H12ClN3S2/c1-5(2)6-4-15-10(14-6)8(12)9-13-3-7(11)16-9/h3-5,8H,12H2,1-2H3. The molecule has 0 spiro atoms. The van der Waals surface area contributed by atoms with E-state index in [1.54, 1.807) is 17.5 Å². The Labute approximate surface area is 107 Å². The number of nitrogens with zero attached hydrogens (tertiary/aromatic N) is 2. The summed E-state index contributed by atoms with van der Waals surface area (Å²) in [4.78, 5) is 8.69. The van der Waals surface area contributed by atoms with E-state index in [0.29, 0.717) is 10.3 Å². The first-order chi connectivity index (χ1) is 7.58. The zero-order valence-corrected chi connectivity index (χ0v) is 11.4. The summed E-state index contributed by atoms with van der Waals surface area (Å²) in [6.07, 6.45) is 1.62. The van der Waals surface area contributed by atoms with Crippen LogP contribution in [0.2, 0.25) is 4.34 Å². The van der Waals surface area contributed by atoms with Gasteiger partial charge in [-0.25, -0.2) is 9.97 Å². The van der Waals surface area contributed by atoms with Gasteiger partial charge in [-0.3, -0.25) is 0 Å². The lowest BCUT2D eigenvalue weighted by Gasteiger charge is -2.03. The first kappa shape index (κ1) is 12.0. The Hall–Kier alpha value is -0.490. The van der Waals surface area contributed by atoms with Crippen molar-refractivity contribution >= 4 is 34.3 Å². The fourth-order valence-corrected chi connectivity index (χ4v) is 3.22. The van der Waals surface area contributed by atoms with E-state index in [-0.39, 0.29) is 6.04 Å². The van der Waals surface area contributed by atoms with Gasteiger partial charge in [-0.05, 0) is 5.92 Å². The predicted molar refractivity (Wildman–Crippen MR) is 69.4 cm³/mol. The minimum atomic E-state index is -0.255. The molecular weight excluding hydrogens is 262 g/mol. The van der Waals surface area contributed by atoms with Crippen LogP contribution in [-0.4, -0.2) is 9.97 Å². The van der Waals surface area contributed by atoms with Crippen molar-refractivity contribution in [1.82, 2.24) is 9.97 Å². The van der Waals surface area contributed by atoms with Crippen molar-refractivity contribution in [3.8, 4) is 0 Å². The Morgan fingerprint density at radius 3 is 2.62 bits per heavy atom. The molecule has 0 fully saturated rings. The van der Waals surface area contributed by atoms with E-state index < -0.39 is 0 Å². The quantitative estimate of drug-likeness (QED) is 0.932. The zero-order chi connectivity index (χ0) is 11.7. The first-order valence-electron chi connectivity index (χ1n) is 4.90. The first-order valence-corrected chi connectivity index (χ1v) is 6.97. The Morgan fingerprint density at radius 2 is 2.12 bits per heavy atom. The molecule has 0 saturated carbocycles. The van der Waals surface area contributed by atoms with E-state index in [4.69, 9.17) is 17.3 Å². The third-order valence-corrected chi connectivity index (χ3v) is 4.30. The van der Waals surface area contributed by atoms with Gasteiger partial charge in [0.15, 0.2) is 0 Å². The van der Waals surface area contributed by atoms with Crippen LogP contribution in [0.1, 0.15) is 41.5 Å². The van der Waals surface area contributed by atoms with Crippen LogP contribution in [0, 0.1) is 0 Å². The Balaban J connectivity index is 2.23. The van der Waals surface area contributed by atoms with Gasteiger partial charge in [-0.15, -0.1) is 22.7 Å². The van der Waals surface area contributed by atoms with Gasteiger partial charge in [-0.2, -0.15) is 0 Å². The van der Waals surface area contributed by atoms with E-state index in [2.05, 4.69) is 29.2 Å². The van der Waals surface area contributed by atoms with Gasteiger partial charge < -0.3 is 5.73 Å². The molecule has 6 heteroatoms. The molecule has 0 radical (unpaired) electrons. The van der Waals surface area contributed by atoms with Crippen molar-refractivity contribution in [2.45, 2.75) is 25.8 Å². The van der Waals surface area contributed by atoms with E-state index >= 15 is 0 Å². The highest BCUT2D eigenvalue weighted by Gasteiger charge is 2.17. The highest BCUT2D eigenvalue weighted by molar-refractivity contribution is 7.16. The lowest BCUT2D eigenvalue weighted by Crippen LogP contribution is -2.11. The van der Waals surface area contributed by atoms with Crippen molar-refractivity contribution < 1.29 is 0 Å². The molecule has 0 bridgehead atoms. The van der Waals surface area contributed by atoms with Crippen LogP contribution >= 0.6 is 34.3 Å². The van der Waals surface area contributed by atoms with Crippen LogP contribution < -0.4 is 5.73 Å². The summed E-state index contributed by atoms with van der Waals surface area (Å²) in [7, 11) is 0. The third kappa shape index (κ3) is 2.43. The summed E-state index contributed by atoms with van der Waals surface area (Å²) in [5.41, 5.74) is 7.16. The fourth-order valence-electron chi connectivity index (χ4n) is 1.23. The molecule has 1 unspecified atom stereocenters. The van der Waals surface area contributed by atoms with E-state index in [0.717, 1.165) is 15.7 Å². The second-order valence-electron chi connectivity index (χ2n) is 3.75. The molecule has 2 aromatic rings. The van der Waals surface area contributed by atoms with Gasteiger partial charge in [0, 0.05) is 5.38 Å². The monoisotopic (exact) mass is 273 g/mol. The third-order valence-electron chi connectivity index (χ3n) is 2.16. The molecule has 16 heavy (non-hydrogen) atoms. The molecule has 0 saturated heterocycles. The number of hydrogen-bond donors (Lipinski definition) is 1. The van der Waals surface area contributed by atoms with Crippen molar-refractivity contribution in [3.63, 3.8) is 0 Å². The van der Waals surface area contributed by atoms with Crippen molar-refractivity contribution in [2.75, 3.05) is 0 Å². The predicted octanol–water partition coefficient (Wildman–Crippen LogP) is 3.42. The molecular formula is C10H12ClN3S2. The summed E-state index contributed by atoms with van der Waals surface area (Å²) >= 11 is 8.81. The van der Waals surface area contributed by atoms with Crippen LogP contribution in [0.25, 0.3) is 0 Å². The maximum atomic E-state index is 6.08. The Bertz CT molecular complexity index is 478. The van der Waals surface area contributed by atoms with Gasteiger partial charge in [-0.1, -0.05) is 25.4 Å². The molecule has 2 aromatic heterocycles. The molecule has 2 rings (SSSR count). The lowest BCUT2D eigenvalue weighted by atomic mass is 10.2. The summed E-state index contributed by atoms with van der Waals surface area (Å²) in [5, 5.41) is 3.76. The Kier molecular flexibility index (Phi) is 3.59. The molecule has 0 aromatic carbocycles. The number of rotatable bonds is 3. The largest absolute Gasteiger partial charge is 0.316 e. The SMILES string of the molecule is CC(C)c1csc(C(N)c2ncc(Cl)s2)n1. The molecule has 1 atom stereocenters. The highest BCUT2D eigenvalue weighted by atomic mass is 35.5. The van der Waals surface area contributed by atoms with Crippen molar-refractivity contribution in [3.05, 3.63) is 31.6 Å². The minimum Gasteiger partial charge on any atom is -0.316 e. The number of thiazole rings is 2. The molecule has 0 aliphatic heterocycles. The summed E-state index contributed by atoms with van der Waals surface area (Å²) in [6.45, 7) is 4.23. The molecule has 0 amide bonds. The zero-order valence-electron chi connectivity index (χ0n) is 8.98. The maximum Gasteiger partial charge on any atom is 0.118 e. The topological polar surface area (TPSA) is 51.8 Å². The second-order valence-corrected chi connectivity index (χ2v) is 6.33. The van der Waals surface area contributed by atoms with Gasteiger partial charge in [0.25, 0.3) is 0 Å². The second kappa shape index (κ2) is 4.79. The van der Waals surface area contributed by atoms with Gasteiger partial charge >= 0.3 is 0 Å². The molecule has 2 heterocycles. The molecule has 86 valence electrons. The number of aromatic nitrogens is 2. The Morgan fingerprint density at radius 1 is 1.38 bits per heavy atom. The summed E-state index contributed by atoms with van der Waals surface area (Å²) < 4.78 is 0.658. The summed E-state index contributed by atoms with van der Waals surface area (Å²) in [5.74, 6) is 0.428.